The van der Waals surface area contributed by atoms with Crippen LogP contribution in [-0.2, 0) is 0 Å². The van der Waals surface area contributed by atoms with Crippen LogP contribution in [0.4, 0.5) is 17.1 Å². The van der Waals surface area contributed by atoms with Crippen LogP contribution in [0.3, 0.4) is 0 Å². The zero-order chi connectivity index (χ0) is 33.7. The smallest absolute Gasteiger partial charge is 0.160 e. The molecule has 10 aromatic rings. The number of benzene rings is 8. The molecule has 8 aromatic carbocycles. The van der Waals surface area contributed by atoms with Crippen LogP contribution in [0.2, 0.25) is 0 Å². The standard InChI is InChI=1S/C48H31NO2/c1-3-12-32(13-4-1)35-16-11-17-38(30-35)49(37-25-22-33(23-26-37)36-24-29-46-42(31-36)40-18-7-9-20-44(40)50-46)43-28-27-39(34-14-5-2-6-15-34)47-41-19-8-10-21-45(41)51-48(43)47/h1-31H. The zero-order valence-corrected chi connectivity index (χ0v) is 27.7. The monoisotopic (exact) mass is 653 g/mol. The number of hydrogen-bond donors (Lipinski definition) is 0. The summed E-state index contributed by atoms with van der Waals surface area (Å²) in [6, 6.07) is 66.2. The Morgan fingerprint density at radius 2 is 0.922 bits per heavy atom. The average Bonchev–Trinajstić information content (AvgIpc) is 3.78. The van der Waals surface area contributed by atoms with Gasteiger partial charge in [-0.05, 0) is 88.0 Å². The molecule has 0 radical (unpaired) electrons. The average molecular weight is 654 g/mol. The first-order valence-corrected chi connectivity index (χ1v) is 17.3. The van der Waals surface area contributed by atoms with E-state index in [1.54, 1.807) is 0 Å². The molecule has 2 heterocycles. The molecule has 240 valence electrons. The van der Waals surface area contributed by atoms with Crippen molar-refractivity contribution >= 4 is 60.9 Å². The Morgan fingerprint density at radius 3 is 1.71 bits per heavy atom. The van der Waals surface area contributed by atoms with E-state index in [4.69, 9.17) is 8.83 Å². The number of rotatable bonds is 6. The van der Waals surface area contributed by atoms with Crippen LogP contribution in [0.15, 0.2) is 197 Å². The summed E-state index contributed by atoms with van der Waals surface area (Å²) < 4.78 is 12.9. The fourth-order valence-corrected chi connectivity index (χ4v) is 7.44. The predicted molar refractivity (Wildman–Crippen MR) is 212 cm³/mol. The van der Waals surface area contributed by atoms with Gasteiger partial charge in [-0.25, -0.2) is 0 Å². The highest BCUT2D eigenvalue weighted by molar-refractivity contribution is 6.17. The first-order valence-electron chi connectivity index (χ1n) is 17.3. The fourth-order valence-electron chi connectivity index (χ4n) is 7.44. The third-order valence-electron chi connectivity index (χ3n) is 9.88. The lowest BCUT2D eigenvalue weighted by Gasteiger charge is -2.27. The van der Waals surface area contributed by atoms with Crippen LogP contribution in [0.5, 0.6) is 0 Å². The molecule has 2 aromatic heterocycles. The molecule has 0 amide bonds. The number of anilines is 3. The molecular formula is C48H31NO2. The highest BCUT2D eigenvalue weighted by Gasteiger charge is 2.22. The third kappa shape index (κ3) is 4.98. The van der Waals surface area contributed by atoms with Gasteiger partial charge in [0.2, 0.25) is 0 Å². The van der Waals surface area contributed by atoms with E-state index >= 15 is 0 Å². The summed E-state index contributed by atoms with van der Waals surface area (Å²) in [5.41, 5.74) is 13.5. The van der Waals surface area contributed by atoms with Gasteiger partial charge in [0.05, 0.1) is 5.69 Å². The number of nitrogens with zero attached hydrogens (tertiary/aromatic N) is 1. The van der Waals surface area contributed by atoms with Gasteiger partial charge in [-0.2, -0.15) is 0 Å². The number of fused-ring (bicyclic) bond motifs is 6. The minimum absolute atomic E-state index is 0.851. The van der Waals surface area contributed by atoms with Crippen molar-refractivity contribution in [3.05, 3.63) is 188 Å². The van der Waals surface area contributed by atoms with Crippen LogP contribution < -0.4 is 4.90 Å². The third-order valence-corrected chi connectivity index (χ3v) is 9.88. The van der Waals surface area contributed by atoms with Crippen molar-refractivity contribution in [3.8, 4) is 33.4 Å². The van der Waals surface area contributed by atoms with Gasteiger partial charge in [0.15, 0.2) is 5.58 Å². The topological polar surface area (TPSA) is 29.5 Å². The lowest BCUT2D eigenvalue weighted by Crippen LogP contribution is -2.10. The van der Waals surface area contributed by atoms with Gasteiger partial charge in [-0.3, -0.25) is 0 Å². The van der Waals surface area contributed by atoms with E-state index in [0.717, 1.165) is 88.8 Å². The Balaban J connectivity index is 1.16. The maximum absolute atomic E-state index is 6.80. The van der Waals surface area contributed by atoms with E-state index in [1.165, 1.54) is 5.56 Å². The summed E-state index contributed by atoms with van der Waals surface area (Å²) >= 11 is 0. The molecule has 0 unspecified atom stereocenters. The van der Waals surface area contributed by atoms with Crippen molar-refractivity contribution in [2.24, 2.45) is 0 Å². The molecule has 51 heavy (non-hydrogen) atoms. The van der Waals surface area contributed by atoms with Gasteiger partial charge in [-0.1, -0.05) is 133 Å². The molecular weight excluding hydrogens is 623 g/mol. The molecule has 0 N–H and O–H groups in total. The van der Waals surface area contributed by atoms with Gasteiger partial charge in [-0.15, -0.1) is 0 Å². The van der Waals surface area contributed by atoms with E-state index < -0.39 is 0 Å². The van der Waals surface area contributed by atoms with Crippen LogP contribution in [0, 0.1) is 0 Å². The van der Waals surface area contributed by atoms with Crippen LogP contribution >= 0.6 is 0 Å². The lowest BCUT2D eigenvalue weighted by molar-refractivity contribution is 0.668. The van der Waals surface area contributed by atoms with Crippen molar-refractivity contribution in [3.63, 3.8) is 0 Å². The van der Waals surface area contributed by atoms with E-state index in [0.29, 0.717) is 0 Å². The highest BCUT2D eigenvalue weighted by atomic mass is 16.3. The van der Waals surface area contributed by atoms with E-state index in [9.17, 15) is 0 Å². The summed E-state index contributed by atoms with van der Waals surface area (Å²) in [6.07, 6.45) is 0. The highest BCUT2D eigenvalue weighted by Crippen LogP contribution is 2.46. The first kappa shape index (κ1) is 29.1. The van der Waals surface area contributed by atoms with Crippen molar-refractivity contribution in [2.45, 2.75) is 0 Å². The molecule has 0 aliphatic carbocycles. The predicted octanol–water partition coefficient (Wildman–Crippen LogP) is 14.0. The first-order chi connectivity index (χ1) is 25.3. The molecule has 0 aliphatic rings. The van der Waals surface area contributed by atoms with Gasteiger partial charge >= 0.3 is 0 Å². The number of hydrogen-bond acceptors (Lipinski definition) is 3. The SMILES string of the molecule is c1ccc(-c2cccc(N(c3ccc(-c4ccc5oc6ccccc6c5c4)cc3)c3ccc(-c4ccccc4)c4c3oc3ccccc34)c2)cc1. The molecule has 0 saturated heterocycles. The Morgan fingerprint density at radius 1 is 0.333 bits per heavy atom. The molecule has 3 nitrogen and oxygen atoms in total. The Bertz CT molecular complexity index is 2850. The van der Waals surface area contributed by atoms with Crippen LogP contribution in [-0.4, -0.2) is 0 Å². The largest absolute Gasteiger partial charge is 0.456 e. The number of furan rings is 2. The van der Waals surface area contributed by atoms with Crippen LogP contribution in [0.1, 0.15) is 0 Å². The Labute approximate surface area is 295 Å². The Kier molecular flexibility index (Phi) is 6.81. The van der Waals surface area contributed by atoms with Crippen LogP contribution in [0.25, 0.3) is 77.3 Å². The summed E-state index contributed by atoms with van der Waals surface area (Å²) in [6.45, 7) is 0. The van der Waals surface area contributed by atoms with Crippen molar-refractivity contribution in [1.29, 1.82) is 0 Å². The normalized spacial score (nSPS) is 11.5. The summed E-state index contributed by atoms with van der Waals surface area (Å²) in [4.78, 5) is 2.32. The van der Waals surface area contributed by atoms with Gasteiger partial charge in [0.1, 0.15) is 16.7 Å². The molecule has 0 fully saturated rings. The van der Waals surface area contributed by atoms with E-state index in [-0.39, 0.29) is 0 Å². The molecule has 0 saturated carbocycles. The summed E-state index contributed by atoms with van der Waals surface area (Å²) in [5, 5.41) is 4.46. The number of para-hydroxylation sites is 2. The van der Waals surface area contributed by atoms with Crippen molar-refractivity contribution in [2.75, 3.05) is 4.90 Å². The fraction of sp³-hybridized carbons (Fsp3) is 0. The maximum atomic E-state index is 6.80. The maximum Gasteiger partial charge on any atom is 0.160 e. The lowest BCUT2D eigenvalue weighted by atomic mass is 9.97. The minimum atomic E-state index is 0.851. The summed E-state index contributed by atoms with van der Waals surface area (Å²) in [5.74, 6) is 0. The quantitative estimate of drug-likeness (QED) is 0.179. The van der Waals surface area contributed by atoms with Crippen molar-refractivity contribution < 1.29 is 8.83 Å². The molecule has 3 heteroatoms. The Hall–Kier alpha value is -6.84. The van der Waals surface area contributed by atoms with E-state index in [2.05, 4.69) is 175 Å². The zero-order valence-electron chi connectivity index (χ0n) is 27.7. The molecule has 0 spiro atoms. The van der Waals surface area contributed by atoms with Crippen molar-refractivity contribution in [1.82, 2.24) is 0 Å². The molecule has 0 atom stereocenters. The van der Waals surface area contributed by atoms with Gasteiger partial charge in [0.25, 0.3) is 0 Å². The molecule has 10 rings (SSSR count). The second-order valence-corrected chi connectivity index (χ2v) is 12.9. The molecule has 0 bridgehead atoms. The van der Waals surface area contributed by atoms with Gasteiger partial charge in [0, 0.05) is 32.9 Å². The second-order valence-electron chi connectivity index (χ2n) is 12.9. The second kappa shape index (κ2) is 11.9. The summed E-state index contributed by atoms with van der Waals surface area (Å²) in [7, 11) is 0. The van der Waals surface area contributed by atoms with Gasteiger partial charge < -0.3 is 13.7 Å². The van der Waals surface area contributed by atoms with E-state index in [1.807, 2.05) is 18.2 Å². The molecule has 0 aliphatic heterocycles. The minimum Gasteiger partial charge on any atom is -0.456 e.